The summed E-state index contributed by atoms with van der Waals surface area (Å²) in [6.45, 7) is 5.08. The number of nitrogens with zero attached hydrogens (tertiary/aromatic N) is 1. The number of anilines is 1. The molecule has 0 bridgehead atoms. The van der Waals surface area contributed by atoms with Crippen LogP contribution in [0.25, 0.3) is 0 Å². The van der Waals surface area contributed by atoms with Gasteiger partial charge < -0.3 is 9.43 Å². The summed E-state index contributed by atoms with van der Waals surface area (Å²) in [5, 5.41) is 2.05. The fourth-order valence-corrected chi connectivity index (χ4v) is 1.71. The Bertz CT molecular complexity index is 304. The van der Waals surface area contributed by atoms with Crippen molar-refractivity contribution in [1.29, 1.82) is 0 Å². The summed E-state index contributed by atoms with van der Waals surface area (Å²) in [4.78, 5) is 0. The Morgan fingerprint density at radius 2 is 2.17 bits per heavy atom. The van der Waals surface area contributed by atoms with Crippen LogP contribution in [0.5, 0.6) is 0 Å². The second-order valence-electron chi connectivity index (χ2n) is 3.27. The zero-order valence-corrected chi connectivity index (χ0v) is 7.77. The van der Waals surface area contributed by atoms with Crippen LogP contribution < -0.4 is 10.4 Å². The maximum atomic E-state index is 5.63. The fourth-order valence-electron chi connectivity index (χ4n) is 1.71. The van der Waals surface area contributed by atoms with Gasteiger partial charge in [0.15, 0.2) is 0 Å². The van der Waals surface area contributed by atoms with E-state index in [0.717, 1.165) is 24.5 Å². The molecular formula is C9H14N2O. The molecule has 0 unspecified atom stereocenters. The smallest absolute Gasteiger partial charge is 0.130 e. The lowest BCUT2D eigenvalue weighted by Crippen LogP contribution is -2.39. The van der Waals surface area contributed by atoms with Crippen LogP contribution in [0, 0.1) is 13.8 Å². The number of nitrogens with one attached hydrogen (secondary N) is 1. The summed E-state index contributed by atoms with van der Waals surface area (Å²) in [5.74, 6) is 2.15. The van der Waals surface area contributed by atoms with E-state index in [1.165, 1.54) is 11.3 Å². The highest BCUT2D eigenvalue weighted by atomic mass is 16.3. The van der Waals surface area contributed by atoms with Crippen molar-refractivity contribution >= 4 is 5.69 Å². The molecule has 0 atom stereocenters. The number of hydrogen-bond donors (Lipinski definition) is 1. The molecule has 1 aromatic rings. The highest BCUT2D eigenvalue weighted by molar-refractivity contribution is 5.58. The van der Waals surface area contributed by atoms with Crippen LogP contribution in [-0.2, 0) is 6.42 Å². The van der Waals surface area contributed by atoms with E-state index < -0.39 is 0 Å². The normalized spacial score (nSPS) is 16.4. The lowest BCUT2D eigenvalue weighted by molar-refractivity contribution is 0.461. The number of rotatable bonds is 0. The molecule has 3 heteroatoms. The highest BCUT2D eigenvalue weighted by Gasteiger charge is 2.21. The van der Waals surface area contributed by atoms with Gasteiger partial charge in [-0.2, -0.15) is 0 Å². The van der Waals surface area contributed by atoms with E-state index in [2.05, 4.69) is 12.3 Å². The predicted octanol–water partition coefficient (Wildman–Crippen LogP) is 1.39. The molecule has 0 amide bonds. The van der Waals surface area contributed by atoms with Crippen LogP contribution in [0.4, 0.5) is 5.69 Å². The topological polar surface area (TPSA) is 28.4 Å². The van der Waals surface area contributed by atoms with Gasteiger partial charge in [0, 0.05) is 25.6 Å². The minimum Gasteiger partial charge on any atom is -0.464 e. The Balaban J connectivity index is 2.54. The van der Waals surface area contributed by atoms with Gasteiger partial charge >= 0.3 is 0 Å². The predicted molar refractivity (Wildman–Crippen MR) is 48.3 cm³/mol. The van der Waals surface area contributed by atoms with Gasteiger partial charge in [0.2, 0.25) is 0 Å². The van der Waals surface area contributed by atoms with E-state index in [4.69, 9.17) is 4.42 Å². The van der Waals surface area contributed by atoms with Crippen molar-refractivity contribution in [3.63, 3.8) is 0 Å². The quantitative estimate of drug-likeness (QED) is 0.631. The molecule has 1 aromatic heterocycles. The average molecular weight is 166 g/mol. The first kappa shape index (κ1) is 7.68. The van der Waals surface area contributed by atoms with Gasteiger partial charge in [0.05, 0.1) is 5.69 Å². The zero-order valence-electron chi connectivity index (χ0n) is 7.77. The van der Waals surface area contributed by atoms with Gasteiger partial charge in [-0.25, -0.2) is 5.43 Å². The largest absolute Gasteiger partial charge is 0.464 e. The van der Waals surface area contributed by atoms with Gasteiger partial charge in [0.1, 0.15) is 11.5 Å². The first-order chi connectivity index (χ1) is 5.70. The molecule has 2 heterocycles. The number of furan rings is 1. The minimum absolute atomic E-state index is 0.968. The van der Waals surface area contributed by atoms with Crippen molar-refractivity contribution in [2.45, 2.75) is 20.3 Å². The van der Waals surface area contributed by atoms with E-state index in [1.54, 1.807) is 0 Å². The molecule has 0 spiro atoms. The Morgan fingerprint density at radius 1 is 1.42 bits per heavy atom. The minimum atomic E-state index is 0.968. The lowest BCUT2D eigenvalue weighted by atomic mass is 10.2. The number of hydrazine groups is 1. The van der Waals surface area contributed by atoms with Crippen LogP contribution in [0.1, 0.15) is 17.1 Å². The number of fused-ring (bicyclic) bond motifs is 1. The van der Waals surface area contributed by atoms with Crippen LogP contribution in [0.2, 0.25) is 0 Å². The van der Waals surface area contributed by atoms with Crippen LogP contribution in [0.3, 0.4) is 0 Å². The van der Waals surface area contributed by atoms with Gasteiger partial charge in [-0.05, 0) is 13.8 Å². The van der Waals surface area contributed by atoms with Gasteiger partial charge in [-0.15, -0.1) is 0 Å². The third kappa shape index (κ3) is 0.932. The third-order valence-electron chi connectivity index (χ3n) is 2.46. The zero-order chi connectivity index (χ0) is 8.72. The second-order valence-corrected chi connectivity index (χ2v) is 3.27. The van der Waals surface area contributed by atoms with E-state index >= 15 is 0 Å². The molecule has 0 radical (unpaired) electrons. The Kier molecular flexibility index (Phi) is 1.61. The molecular weight excluding hydrogens is 152 g/mol. The van der Waals surface area contributed by atoms with Crippen LogP contribution in [0.15, 0.2) is 4.42 Å². The molecule has 2 rings (SSSR count). The van der Waals surface area contributed by atoms with Crippen molar-refractivity contribution in [2.75, 3.05) is 18.6 Å². The first-order valence-electron chi connectivity index (χ1n) is 4.26. The maximum absolute atomic E-state index is 5.63. The third-order valence-corrected chi connectivity index (χ3v) is 2.46. The van der Waals surface area contributed by atoms with Gasteiger partial charge in [-0.1, -0.05) is 0 Å². The Hall–Kier alpha value is -0.960. The SMILES string of the molecule is Cc1oc2c(c1C)N(C)NCC2. The van der Waals surface area contributed by atoms with E-state index in [0.29, 0.717) is 0 Å². The van der Waals surface area contributed by atoms with Crippen LogP contribution >= 0.6 is 0 Å². The number of aryl methyl sites for hydroxylation is 1. The summed E-state index contributed by atoms with van der Waals surface area (Å²) in [6.07, 6.45) is 0.994. The molecule has 0 saturated carbocycles. The fraction of sp³-hybridized carbons (Fsp3) is 0.556. The molecule has 0 aliphatic carbocycles. The van der Waals surface area contributed by atoms with E-state index in [1.807, 2.05) is 19.0 Å². The van der Waals surface area contributed by atoms with Gasteiger partial charge in [0.25, 0.3) is 0 Å². The molecule has 3 nitrogen and oxygen atoms in total. The molecule has 12 heavy (non-hydrogen) atoms. The lowest BCUT2D eigenvalue weighted by Gasteiger charge is -2.25. The van der Waals surface area contributed by atoms with Crippen molar-refractivity contribution in [3.8, 4) is 0 Å². The Labute approximate surface area is 72.3 Å². The Morgan fingerprint density at radius 3 is 2.83 bits per heavy atom. The monoisotopic (exact) mass is 166 g/mol. The molecule has 0 fully saturated rings. The molecule has 1 N–H and O–H groups in total. The maximum Gasteiger partial charge on any atom is 0.130 e. The summed E-state index contributed by atoms with van der Waals surface area (Å²) in [6, 6.07) is 0. The molecule has 1 aliphatic heterocycles. The average Bonchev–Trinajstić information content (AvgIpc) is 2.29. The molecule has 1 aliphatic rings. The summed E-state index contributed by atoms with van der Waals surface area (Å²) in [7, 11) is 2.03. The standard InChI is InChI=1S/C9H14N2O/c1-6-7(2)12-8-4-5-10-11(3)9(6)8/h10H,4-5H2,1-3H3. The van der Waals surface area contributed by atoms with Gasteiger partial charge in [-0.3, -0.25) is 0 Å². The highest BCUT2D eigenvalue weighted by Crippen LogP contribution is 2.30. The first-order valence-corrected chi connectivity index (χ1v) is 4.26. The molecule has 0 aromatic carbocycles. The van der Waals surface area contributed by atoms with Crippen molar-refractivity contribution < 1.29 is 4.42 Å². The molecule has 0 saturated heterocycles. The summed E-state index contributed by atoms with van der Waals surface area (Å²) >= 11 is 0. The second kappa shape index (κ2) is 2.52. The molecule has 66 valence electrons. The van der Waals surface area contributed by atoms with Crippen molar-refractivity contribution in [3.05, 3.63) is 17.1 Å². The number of hydrogen-bond acceptors (Lipinski definition) is 3. The van der Waals surface area contributed by atoms with E-state index in [9.17, 15) is 0 Å². The van der Waals surface area contributed by atoms with Crippen molar-refractivity contribution in [2.24, 2.45) is 0 Å². The summed E-state index contributed by atoms with van der Waals surface area (Å²) in [5.41, 5.74) is 5.74. The van der Waals surface area contributed by atoms with Crippen LogP contribution in [-0.4, -0.2) is 13.6 Å². The van der Waals surface area contributed by atoms with Crippen molar-refractivity contribution in [1.82, 2.24) is 5.43 Å². The van der Waals surface area contributed by atoms with E-state index in [-0.39, 0.29) is 0 Å². The summed E-state index contributed by atoms with van der Waals surface area (Å²) < 4.78 is 5.63.